The van der Waals surface area contributed by atoms with Gasteiger partial charge in [-0.2, -0.15) is 0 Å². The molecule has 3 heterocycles. The van der Waals surface area contributed by atoms with Crippen LogP contribution in [0.1, 0.15) is 38.1 Å². The van der Waals surface area contributed by atoms with Crippen LogP contribution in [0.2, 0.25) is 0 Å². The molecule has 1 aromatic rings. The van der Waals surface area contributed by atoms with Crippen molar-refractivity contribution in [2.75, 3.05) is 5.32 Å². The average Bonchev–Trinajstić information content (AvgIpc) is 3.23. The Morgan fingerprint density at radius 3 is 2.85 bits per heavy atom. The number of nitrogens with zero attached hydrogens (tertiary/aromatic N) is 4. The largest absolute Gasteiger partial charge is 0.365 e. The van der Waals surface area contributed by atoms with Crippen molar-refractivity contribution >= 4 is 5.82 Å². The van der Waals surface area contributed by atoms with Gasteiger partial charge in [-0.25, -0.2) is 19.2 Å². The molecule has 0 fully saturated rings. The second-order valence-corrected chi connectivity index (χ2v) is 7.13. The van der Waals surface area contributed by atoms with E-state index in [1.54, 1.807) is 21.3 Å². The van der Waals surface area contributed by atoms with Crippen molar-refractivity contribution in [3.05, 3.63) is 52.0 Å². The molecule has 0 aromatic heterocycles. The van der Waals surface area contributed by atoms with Crippen LogP contribution in [0.3, 0.4) is 0 Å². The lowest BCUT2D eigenvalue weighted by molar-refractivity contribution is 0.559. The van der Waals surface area contributed by atoms with Crippen molar-refractivity contribution < 1.29 is 4.39 Å². The Bertz CT molecular complexity index is 993. The van der Waals surface area contributed by atoms with Gasteiger partial charge in [0.05, 0.1) is 0 Å². The summed E-state index contributed by atoms with van der Waals surface area (Å²) in [7, 11) is 0. The molecule has 0 radical (unpaired) electrons. The standard InChI is InChI=1S/C20H24FN5O/c1-3-6-16-23-17-18-22-15(11-13-7-5-8-14(21)10-13)12-26(18)20(27)25(9-4-2)19(17)24-16/h5,7-8,10,15,22H,3-4,6,9,11-12H2,1-2H3. The molecule has 0 amide bonds. The van der Waals surface area contributed by atoms with Crippen LogP contribution in [0.5, 0.6) is 0 Å². The molecule has 27 heavy (non-hydrogen) atoms. The molecule has 3 aliphatic rings. The summed E-state index contributed by atoms with van der Waals surface area (Å²) >= 11 is 0. The second kappa shape index (κ2) is 7.13. The summed E-state index contributed by atoms with van der Waals surface area (Å²) < 4.78 is 17.0. The summed E-state index contributed by atoms with van der Waals surface area (Å²) in [5.74, 6) is 1.93. The molecule has 1 N–H and O–H groups in total. The highest BCUT2D eigenvalue weighted by atomic mass is 19.1. The lowest BCUT2D eigenvalue weighted by Crippen LogP contribution is -2.32. The molecule has 4 rings (SSSR count). The number of imidazole rings is 1. The van der Waals surface area contributed by atoms with Crippen LogP contribution in [-0.4, -0.2) is 25.1 Å². The van der Waals surface area contributed by atoms with Crippen molar-refractivity contribution in [2.24, 2.45) is 0 Å². The van der Waals surface area contributed by atoms with Crippen LogP contribution in [0.25, 0.3) is 11.5 Å². The molecule has 7 heteroatoms. The van der Waals surface area contributed by atoms with Gasteiger partial charge in [-0.05, 0) is 37.0 Å². The summed E-state index contributed by atoms with van der Waals surface area (Å²) in [5.41, 5.74) is 1.61. The summed E-state index contributed by atoms with van der Waals surface area (Å²) in [6.07, 6.45) is 3.25. The molecule has 0 saturated heterocycles. The zero-order chi connectivity index (χ0) is 19.0. The Morgan fingerprint density at radius 1 is 1.26 bits per heavy atom. The van der Waals surface area contributed by atoms with E-state index in [4.69, 9.17) is 4.98 Å². The van der Waals surface area contributed by atoms with Gasteiger partial charge in [-0.3, -0.25) is 9.13 Å². The van der Waals surface area contributed by atoms with Gasteiger partial charge in [-0.15, -0.1) is 0 Å². The maximum absolute atomic E-state index is 13.5. The minimum absolute atomic E-state index is 0.0199. The number of benzene rings is 1. The van der Waals surface area contributed by atoms with E-state index in [1.807, 2.05) is 13.0 Å². The number of nitrogens with one attached hydrogen (secondary N) is 1. The molecule has 0 aliphatic carbocycles. The highest BCUT2D eigenvalue weighted by molar-refractivity contribution is 5.69. The smallest absolute Gasteiger partial charge is 0.331 e. The molecule has 0 spiro atoms. The maximum atomic E-state index is 13.5. The van der Waals surface area contributed by atoms with Crippen LogP contribution >= 0.6 is 0 Å². The highest BCUT2D eigenvalue weighted by Gasteiger charge is 2.31. The van der Waals surface area contributed by atoms with Gasteiger partial charge in [0, 0.05) is 25.6 Å². The third-order valence-corrected chi connectivity index (χ3v) is 4.94. The molecule has 142 valence electrons. The number of hydrogen-bond acceptors (Lipinski definition) is 4. The predicted molar refractivity (Wildman–Crippen MR) is 103 cm³/mol. The summed E-state index contributed by atoms with van der Waals surface area (Å²) in [4.78, 5) is 22.4. The van der Waals surface area contributed by atoms with Gasteiger partial charge in [0.15, 0.2) is 5.82 Å². The number of rotatable bonds is 6. The van der Waals surface area contributed by atoms with E-state index in [-0.39, 0.29) is 17.5 Å². The number of aromatic nitrogens is 4. The molecule has 1 atom stereocenters. The van der Waals surface area contributed by atoms with E-state index in [0.29, 0.717) is 25.3 Å². The van der Waals surface area contributed by atoms with Crippen molar-refractivity contribution in [3.63, 3.8) is 0 Å². The maximum Gasteiger partial charge on any atom is 0.331 e. The molecular weight excluding hydrogens is 345 g/mol. The molecular formula is C20H24FN5O. The third kappa shape index (κ3) is 3.22. The van der Waals surface area contributed by atoms with Gasteiger partial charge in [0.1, 0.15) is 23.2 Å². The first-order valence-corrected chi connectivity index (χ1v) is 9.61. The van der Waals surface area contributed by atoms with Gasteiger partial charge in [0.25, 0.3) is 0 Å². The fraction of sp³-hybridized carbons (Fsp3) is 0.450. The number of halogens is 1. The van der Waals surface area contributed by atoms with Crippen LogP contribution < -0.4 is 11.0 Å². The van der Waals surface area contributed by atoms with E-state index in [2.05, 4.69) is 17.2 Å². The van der Waals surface area contributed by atoms with Crippen LogP contribution in [0.15, 0.2) is 29.1 Å². The van der Waals surface area contributed by atoms with Crippen molar-refractivity contribution in [2.45, 2.75) is 58.7 Å². The van der Waals surface area contributed by atoms with Crippen molar-refractivity contribution in [1.29, 1.82) is 0 Å². The minimum atomic E-state index is -0.241. The molecule has 6 nitrogen and oxygen atoms in total. The molecule has 1 unspecified atom stereocenters. The lowest BCUT2D eigenvalue weighted by Gasteiger charge is -2.13. The van der Waals surface area contributed by atoms with Gasteiger partial charge >= 0.3 is 5.69 Å². The topological polar surface area (TPSA) is 64.7 Å². The normalized spacial score (nSPS) is 15.9. The zero-order valence-corrected chi connectivity index (χ0v) is 15.7. The SMILES string of the molecule is CCCc1nc2c3n(c(=O)n(CCC)c-2n1)CC(Cc1cccc(F)c1)N3. The first-order chi connectivity index (χ1) is 13.1. The molecule has 0 saturated carbocycles. The summed E-state index contributed by atoms with van der Waals surface area (Å²) in [6, 6.07) is 6.63. The minimum Gasteiger partial charge on any atom is -0.365 e. The lowest BCUT2D eigenvalue weighted by atomic mass is 10.1. The Labute approximate surface area is 157 Å². The third-order valence-electron chi connectivity index (χ3n) is 4.94. The average molecular weight is 369 g/mol. The molecule has 1 aromatic carbocycles. The van der Waals surface area contributed by atoms with Crippen LogP contribution in [0, 0.1) is 5.82 Å². The number of aryl methyl sites for hydroxylation is 1. The Hall–Kier alpha value is -2.70. The Morgan fingerprint density at radius 2 is 2.11 bits per heavy atom. The van der Waals surface area contributed by atoms with Gasteiger partial charge in [-0.1, -0.05) is 26.0 Å². The number of anilines is 1. The number of hydrogen-bond donors (Lipinski definition) is 1. The first-order valence-electron chi connectivity index (χ1n) is 9.61. The Balaban J connectivity index is 1.72. The molecule has 0 bridgehead atoms. The Kier molecular flexibility index (Phi) is 4.68. The van der Waals surface area contributed by atoms with Crippen molar-refractivity contribution in [1.82, 2.24) is 19.1 Å². The fourth-order valence-corrected chi connectivity index (χ4v) is 3.79. The highest BCUT2D eigenvalue weighted by Crippen LogP contribution is 2.31. The molecule has 3 aliphatic heterocycles. The van der Waals surface area contributed by atoms with Crippen LogP contribution in [0.4, 0.5) is 10.2 Å². The van der Waals surface area contributed by atoms with E-state index < -0.39 is 0 Å². The van der Waals surface area contributed by atoms with E-state index >= 15 is 0 Å². The van der Waals surface area contributed by atoms with E-state index in [1.165, 1.54) is 6.07 Å². The zero-order valence-electron chi connectivity index (χ0n) is 15.7. The van der Waals surface area contributed by atoms with Crippen LogP contribution in [-0.2, 0) is 25.9 Å². The number of fused-ring (bicyclic) bond motifs is 3. The van der Waals surface area contributed by atoms with Gasteiger partial charge in [0.2, 0.25) is 0 Å². The van der Waals surface area contributed by atoms with E-state index in [9.17, 15) is 9.18 Å². The predicted octanol–water partition coefficient (Wildman–Crippen LogP) is 3.08. The summed E-state index contributed by atoms with van der Waals surface area (Å²) in [6.45, 7) is 5.30. The summed E-state index contributed by atoms with van der Waals surface area (Å²) in [5, 5.41) is 3.44. The second-order valence-electron chi connectivity index (χ2n) is 7.13. The first kappa shape index (κ1) is 17.7. The monoisotopic (exact) mass is 369 g/mol. The quantitative estimate of drug-likeness (QED) is 0.725. The van der Waals surface area contributed by atoms with E-state index in [0.717, 1.165) is 42.2 Å². The van der Waals surface area contributed by atoms with Gasteiger partial charge < -0.3 is 5.32 Å². The van der Waals surface area contributed by atoms with Crippen molar-refractivity contribution in [3.8, 4) is 11.5 Å². The fourth-order valence-electron chi connectivity index (χ4n) is 3.79.